The fourth-order valence-corrected chi connectivity index (χ4v) is 2.31. The second-order valence-electron chi connectivity index (χ2n) is 5.33. The van der Waals surface area contributed by atoms with Crippen molar-refractivity contribution in [2.45, 2.75) is 32.9 Å². The van der Waals surface area contributed by atoms with Crippen LogP contribution in [-0.4, -0.2) is 41.1 Å². The number of aromatic nitrogens is 1. The van der Waals surface area contributed by atoms with E-state index in [0.29, 0.717) is 12.0 Å². The Labute approximate surface area is 113 Å². The van der Waals surface area contributed by atoms with Crippen LogP contribution in [0.25, 0.3) is 0 Å². The minimum atomic E-state index is -0.229. The van der Waals surface area contributed by atoms with Crippen LogP contribution in [0.5, 0.6) is 0 Å². The largest absolute Gasteiger partial charge is 0.347 e. The molecule has 0 radical (unpaired) electrons. The summed E-state index contributed by atoms with van der Waals surface area (Å²) in [6.45, 7) is 8.33. The maximum absolute atomic E-state index is 12.0. The Morgan fingerprint density at radius 1 is 1.63 bits per heavy atom. The van der Waals surface area contributed by atoms with Gasteiger partial charge in [0.15, 0.2) is 5.69 Å². The van der Waals surface area contributed by atoms with E-state index >= 15 is 0 Å². The van der Waals surface area contributed by atoms with E-state index in [0.717, 1.165) is 13.1 Å². The highest BCUT2D eigenvalue weighted by Gasteiger charge is 2.32. The van der Waals surface area contributed by atoms with Gasteiger partial charge in [-0.2, -0.15) is 0 Å². The van der Waals surface area contributed by atoms with Gasteiger partial charge < -0.3 is 9.84 Å². The molecule has 1 saturated heterocycles. The third-order valence-electron chi connectivity index (χ3n) is 3.57. The molecule has 0 bridgehead atoms. The van der Waals surface area contributed by atoms with Gasteiger partial charge in [0.2, 0.25) is 5.76 Å². The Hall–Kier alpha value is -1.80. The zero-order chi connectivity index (χ0) is 14.0. The zero-order valence-corrected chi connectivity index (χ0v) is 11.5. The molecule has 1 aliphatic rings. The molecule has 5 nitrogen and oxygen atoms in total. The molecule has 1 aliphatic heterocycles. The first-order valence-electron chi connectivity index (χ1n) is 6.49. The van der Waals surface area contributed by atoms with Crippen molar-refractivity contribution in [3.05, 3.63) is 17.5 Å². The van der Waals surface area contributed by atoms with Crippen LogP contribution in [0.1, 0.15) is 37.0 Å². The van der Waals surface area contributed by atoms with Crippen molar-refractivity contribution >= 4 is 5.91 Å². The van der Waals surface area contributed by atoms with Crippen molar-refractivity contribution < 1.29 is 9.32 Å². The second kappa shape index (κ2) is 5.45. The predicted octanol–water partition coefficient (Wildman–Crippen LogP) is 1.11. The van der Waals surface area contributed by atoms with E-state index in [1.54, 1.807) is 0 Å². The highest BCUT2D eigenvalue weighted by molar-refractivity contribution is 5.92. The molecule has 102 valence electrons. The maximum Gasteiger partial charge on any atom is 0.273 e. The van der Waals surface area contributed by atoms with E-state index in [2.05, 4.69) is 42.1 Å². The van der Waals surface area contributed by atoms with E-state index in [1.165, 1.54) is 6.07 Å². The Bertz CT molecular complexity index is 501. The number of nitrogens with one attached hydrogen (secondary N) is 1. The van der Waals surface area contributed by atoms with Crippen LogP contribution in [0.4, 0.5) is 0 Å². The molecule has 5 heteroatoms. The molecule has 1 aromatic heterocycles. The first-order valence-corrected chi connectivity index (χ1v) is 6.49. The van der Waals surface area contributed by atoms with Crippen molar-refractivity contribution in [2.24, 2.45) is 5.92 Å². The van der Waals surface area contributed by atoms with Gasteiger partial charge in [-0.15, -0.1) is 6.42 Å². The molecule has 1 fully saturated rings. The summed E-state index contributed by atoms with van der Waals surface area (Å²) < 4.78 is 4.83. The van der Waals surface area contributed by atoms with Gasteiger partial charge >= 0.3 is 0 Å². The molecule has 0 unspecified atom stereocenters. The summed E-state index contributed by atoms with van der Waals surface area (Å²) >= 11 is 0. The van der Waals surface area contributed by atoms with Crippen molar-refractivity contribution in [1.82, 2.24) is 15.4 Å². The number of nitrogens with zero attached hydrogens (tertiary/aromatic N) is 2. The molecule has 1 amide bonds. The summed E-state index contributed by atoms with van der Waals surface area (Å²) in [6.07, 6.45) is 5.18. The van der Waals surface area contributed by atoms with E-state index in [1.807, 2.05) is 0 Å². The number of terminal acetylenes is 1. The van der Waals surface area contributed by atoms with E-state index in [4.69, 9.17) is 10.9 Å². The predicted molar refractivity (Wildman–Crippen MR) is 71.6 cm³/mol. The topological polar surface area (TPSA) is 58.4 Å². The summed E-state index contributed by atoms with van der Waals surface area (Å²) in [5.74, 6) is 2.77. The lowest BCUT2D eigenvalue weighted by molar-refractivity contribution is 0.0921. The smallest absolute Gasteiger partial charge is 0.273 e. The lowest BCUT2D eigenvalue weighted by atomic mass is 10.1. The molecule has 2 atom stereocenters. The molecule has 1 aromatic rings. The molecule has 1 N–H and O–H groups in total. The maximum atomic E-state index is 12.0. The van der Waals surface area contributed by atoms with Gasteiger partial charge in [0.05, 0.1) is 0 Å². The fourth-order valence-electron chi connectivity index (χ4n) is 2.31. The monoisotopic (exact) mass is 261 g/mol. The Balaban J connectivity index is 1.98. The summed E-state index contributed by atoms with van der Waals surface area (Å²) in [6, 6.07) is 2.11. The van der Waals surface area contributed by atoms with Crippen LogP contribution in [0.15, 0.2) is 10.6 Å². The lowest BCUT2D eigenvalue weighted by Gasteiger charge is -2.20. The molecule has 19 heavy (non-hydrogen) atoms. The number of rotatable bonds is 3. The third-order valence-corrected chi connectivity index (χ3v) is 3.57. The van der Waals surface area contributed by atoms with Gasteiger partial charge in [-0.05, 0) is 25.7 Å². The summed E-state index contributed by atoms with van der Waals surface area (Å²) in [5.41, 5.74) is 0.239. The van der Waals surface area contributed by atoms with Gasteiger partial charge in [-0.1, -0.05) is 12.1 Å². The van der Waals surface area contributed by atoms with E-state index in [-0.39, 0.29) is 23.4 Å². The highest BCUT2D eigenvalue weighted by atomic mass is 16.5. The van der Waals surface area contributed by atoms with Crippen LogP contribution in [0.2, 0.25) is 0 Å². The number of carbonyl (C=O) groups is 1. The van der Waals surface area contributed by atoms with Crippen LogP contribution in [-0.2, 0) is 0 Å². The molecule has 0 saturated carbocycles. The average molecular weight is 261 g/mol. The molecule has 0 spiro atoms. The summed E-state index contributed by atoms with van der Waals surface area (Å²) in [7, 11) is 0. The molecular weight excluding hydrogens is 242 g/mol. The lowest BCUT2D eigenvalue weighted by Crippen LogP contribution is -2.40. The molecule has 0 aromatic carbocycles. The van der Waals surface area contributed by atoms with Crippen LogP contribution >= 0.6 is 0 Å². The normalized spacial score (nSPS) is 23.5. The Morgan fingerprint density at radius 3 is 2.89 bits per heavy atom. The van der Waals surface area contributed by atoms with Gasteiger partial charge in [-0.3, -0.25) is 9.69 Å². The third kappa shape index (κ3) is 2.96. The average Bonchev–Trinajstić information content (AvgIpc) is 2.97. The van der Waals surface area contributed by atoms with E-state index in [9.17, 15) is 4.79 Å². The van der Waals surface area contributed by atoms with E-state index < -0.39 is 0 Å². The van der Waals surface area contributed by atoms with Crippen LogP contribution < -0.4 is 5.32 Å². The van der Waals surface area contributed by atoms with Crippen molar-refractivity contribution in [2.75, 3.05) is 13.1 Å². The number of carbonyl (C=O) groups excluding carboxylic acids is 1. The quantitative estimate of drug-likeness (QED) is 0.828. The summed E-state index contributed by atoms with van der Waals surface area (Å²) in [5, 5.41) is 6.66. The molecular formula is C14H19N3O2. The minimum absolute atomic E-state index is 0.140. The van der Waals surface area contributed by atoms with Crippen LogP contribution in [0.3, 0.4) is 0 Å². The standard InChI is InChI=1S/C14H19N3O2/c1-5-11-6-12(16-19-11)14(18)15-13-8-17(9(2)3)7-10(13)4/h1,6,9-10,13H,7-8H2,2-4H3,(H,15,18)/t10-,13+/m0/s1. The van der Waals surface area contributed by atoms with Gasteiger partial charge in [0.25, 0.3) is 5.91 Å². The first kappa shape index (κ1) is 13.6. The molecule has 0 aliphatic carbocycles. The fraction of sp³-hybridized carbons (Fsp3) is 0.571. The van der Waals surface area contributed by atoms with Gasteiger partial charge in [0, 0.05) is 31.2 Å². The van der Waals surface area contributed by atoms with Crippen molar-refractivity contribution in [1.29, 1.82) is 0 Å². The number of hydrogen-bond donors (Lipinski definition) is 1. The number of hydrogen-bond acceptors (Lipinski definition) is 4. The second-order valence-corrected chi connectivity index (χ2v) is 5.33. The zero-order valence-electron chi connectivity index (χ0n) is 11.5. The van der Waals surface area contributed by atoms with Crippen LogP contribution in [0, 0.1) is 18.3 Å². The minimum Gasteiger partial charge on any atom is -0.347 e. The summed E-state index contributed by atoms with van der Waals surface area (Å²) in [4.78, 5) is 14.4. The first-order chi connectivity index (χ1) is 9.01. The van der Waals surface area contributed by atoms with Crippen molar-refractivity contribution in [3.63, 3.8) is 0 Å². The Morgan fingerprint density at radius 2 is 2.37 bits per heavy atom. The van der Waals surface area contributed by atoms with Gasteiger partial charge in [-0.25, -0.2) is 0 Å². The number of amides is 1. The number of likely N-dealkylation sites (tertiary alicyclic amines) is 1. The molecule has 2 rings (SSSR count). The molecule has 2 heterocycles. The SMILES string of the molecule is C#Cc1cc(C(=O)N[C@@H]2CN(C(C)C)C[C@@H]2C)no1. The van der Waals surface area contributed by atoms with Crippen molar-refractivity contribution in [3.8, 4) is 12.3 Å². The van der Waals surface area contributed by atoms with Gasteiger partial charge in [0.1, 0.15) is 0 Å². The highest BCUT2D eigenvalue weighted by Crippen LogP contribution is 2.19. The Kier molecular flexibility index (Phi) is 3.91.